The van der Waals surface area contributed by atoms with Crippen molar-refractivity contribution in [3.05, 3.63) is 65.4 Å². The predicted octanol–water partition coefficient (Wildman–Crippen LogP) is 5.60. The molecule has 2 unspecified atom stereocenters. The summed E-state index contributed by atoms with van der Waals surface area (Å²) in [5.41, 5.74) is 0.910. The van der Waals surface area contributed by atoms with E-state index < -0.39 is 6.10 Å². The first kappa shape index (κ1) is 22.7. The van der Waals surface area contributed by atoms with Crippen LogP contribution in [0.4, 0.5) is 0 Å². The van der Waals surface area contributed by atoms with Crippen molar-refractivity contribution in [2.75, 3.05) is 0 Å². The van der Waals surface area contributed by atoms with Crippen molar-refractivity contribution in [2.24, 2.45) is 0 Å². The molecule has 0 aliphatic heterocycles. The molecular formula is C24H27ClN4O2S. The zero-order valence-corrected chi connectivity index (χ0v) is 19.8. The van der Waals surface area contributed by atoms with Crippen molar-refractivity contribution < 1.29 is 9.53 Å². The van der Waals surface area contributed by atoms with Crippen molar-refractivity contribution in [1.29, 1.82) is 0 Å². The van der Waals surface area contributed by atoms with Gasteiger partial charge in [-0.1, -0.05) is 66.5 Å². The van der Waals surface area contributed by atoms with E-state index in [0.717, 1.165) is 18.5 Å². The number of ether oxygens (including phenoxy) is 1. The Kier molecular flexibility index (Phi) is 7.37. The highest BCUT2D eigenvalue weighted by atomic mass is 35.5. The molecule has 1 heterocycles. The zero-order chi connectivity index (χ0) is 22.5. The monoisotopic (exact) mass is 470 g/mol. The molecule has 32 heavy (non-hydrogen) atoms. The number of amides is 1. The molecule has 1 N–H and O–H groups in total. The summed E-state index contributed by atoms with van der Waals surface area (Å²) in [6.07, 6.45) is 4.08. The van der Waals surface area contributed by atoms with E-state index in [1.807, 2.05) is 66.9 Å². The molecule has 1 aromatic heterocycles. The molecular weight excluding hydrogens is 444 g/mol. The minimum absolute atomic E-state index is 0.0337. The molecule has 0 saturated heterocycles. The Morgan fingerprint density at radius 2 is 1.78 bits per heavy atom. The lowest BCUT2D eigenvalue weighted by atomic mass is 10.2. The highest BCUT2D eigenvalue weighted by molar-refractivity contribution is 8.00. The summed E-state index contributed by atoms with van der Waals surface area (Å²) >= 11 is 7.67. The fourth-order valence-electron chi connectivity index (χ4n) is 3.82. The highest BCUT2D eigenvalue weighted by Gasteiger charge is 2.26. The maximum absolute atomic E-state index is 12.7. The summed E-state index contributed by atoms with van der Waals surface area (Å²) in [4.78, 5) is 12.7. The third-order valence-electron chi connectivity index (χ3n) is 5.53. The number of hydrogen-bond acceptors (Lipinski definition) is 5. The van der Waals surface area contributed by atoms with Crippen LogP contribution in [0.25, 0.3) is 5.69 Å². The molecule has 0 radical (unpaired) electrons. The molecule has 0 spiro atoms. The lowest BCUT2D eigenvalue weighted by Crippen LogP contribution is -2.37. The number of thioether (sulfide) groups is 1. The lowest BCUT2D eigenvalue weighted by Gasteiger charge is -2.19. The number of hydrogen-bond donors (Lipinski definition) is 1. The Morgan fingerprint density at radius 1 is 1.09 bits per heavy atom. The Balaban J connectivity index is 1.58. The van der Waals surface area contributed by atoms with Crippen molar-refractivity contribution in [2.45, 2.75) is 62.1 Å². The smallest absolute Gasteiger partial charge is 0.233 e. The number of benzene rings is 2. The van der Waals surface area contributed by atoms with Crippen LogP contribution in [-0.2, 0) is 4.79 Å². The van der Waals surface area contributed by atoms with Gasteiger partial charge < -0.3 is 10.1 Å². The maximum atomic E-state index is 12.7. The van der Waals surface area contributed by atoms with Crippen molar-refractivity contribution in [3.8, 4) is 11.4 Å². The van der Waals surface area contributed by atoms with Crippen LogP contribution in [-0.4, -0.2) is 32.0 Å². The maximum Gasteiger partial charge on any atom is 0.233 e. The van der Waals surface area contributed by atoms with Crippen LogP contribution in [0.15, 0.2) is 59.8 Å². The second-order valence-corrected chi connectivity index (χ2v) is 9.67. The van der Waals surface area contributed by atoms with Crippen LogP contribution < -0.4 is 10.1 Å². The Morgan fingerprint density at radius 3 is 2.50 bits per heavy atom. The molecule has 3 aromatic rings. The molecule has 0 bridgehead atoms. The van der Waals surface area contributed by atoms with Crippen LogP contribution in [0.3, 0.4) is 0 Å². The van der Waals surface area contributed by atoms with Crippen LogP contribution in [0.2, 0.25) is 5.02 Å². The molecule has 6 nitrogen and oxygen atoms in total. The predicted molar refractivity (Wildman–Crippen MR) is 128 cm³/mol. The van der Waals surface area contributed by atoms with Gasteiger partial charge in [-0.3, -0.25) is 9.36 Å². The van der Waals surface area contributed by atoms with E-state index in [-0.39, 0.29) is 17.2 Å². The quantitative estimate of drug-likeness (QED) is 0.434. The largest absolute Gasteiger partial charge is 0.481 e. The zero-order valence-electron chi connectivity index (χ0n) is 18.2. The average Bonchev–Trinajstić information content (AvgIpc) is 3.46. The number of halogens is 1. The van der Waals surface area contributed by atoms with Crippen LogP contribution in [0, 0.1) is 0 Å². The number of nitrogens with zero attached hydrogens (tertiary/aromatic N) is 3. The van der Waals surface area contributed by atoms with Crippen molar-refractivity contribution in [3.63, 3.8) is 0 Å². The number of aromatic nitrogens is 3. The van der Waals surface area contributed by atoms with E-state index in [2.05, 4.69) is 15.5 Å². The molecule has 1 aliphatic rings. The molecule has 1 fully saturated rings. The number of nitrogens with one attached hydrogen (secondary N) is 1. The van der Waals surface area contributed by atoms with E-state index in [1.54, 1.807) is 6.07 Å². The van der Waals surface area contributed by atoms with E-state index in [0.29, 0.717) is 21.8 Å². The summed E-state index contributed by atoms with van der Waals surface area (Å²) < 4.78 is 8.05. The fourth-order valence-corrected chi connectivity index (χ4v) is 4.89. The average molecular weight is 471 g/mol. The number of carbonyl (C=O) groups is 1. The summed E-state index contributed by atoms with van der Waals surface area (Å²) in [5.74, 6) is 1.26. The topological polar surface area (TPSA) is 69.0 Å². The first-order valence-corrected chi connectivity index (χ1v) is 12.2. The standard InChI is InChI=1S/C24H27ClN4O2S/c1-16(31-21-15-9-8-14-20(21)25)22-27-28-24(29(22)19-12-4-3-5-13-19)32-17(2)23(30)26-18-10-6-7-11-18/h3-5,8-9,12-18H,6-7,10-11H2,1-2H3,(H,26,30). The Bertz CT molecular complexity index is 1050. The molecule has 2 atom stereocenters. The second-order valence-electron chi connectivity index (χ2n) is 7.95. The highest BCUT2D eigenvalue weighted by Crippen LogP contribution is 2.32. The lowest BCUT2D eigenvalue weighted by molar-refractivity contribution is -0.120. The van der Waals surface area contributed by atoms with Gasteiger partial charge in [-0.05, 0) is 51.0 Å². The van der Waals surface area contributed by atoms with Crippen LogP contribution >= 0.6 is 23.4 Å². The van der Waals surface area contributed by atoms with E-state index in [1.165, 1.54) is 24.6 Å². The first-order chi connectivity index (χ1) is 15.5. The molecule has 4 rings (SSSR count). The Labute approximate surface area is 197 Å². The minimum atomic E-state index is -0.403. The summed E-state index contributed by atoms with van der Waals surface area (Å²) in [7, 11) is 0. The molecule has 2 aromatic carbocycles. The molecule has 8 heteroatoms. The second kappa shape index (κ2) is 10.4. The van der Waals surface area contributed by atoms with E-state index >= 15 is 0 Å². The number of carbonyl (C=O) groups excluding carboxylic acids is 1. The van der Waals surface area contributed by atoms with Gasteiger partial charge in [-0.2, -0.15) is 0 Å². The van der Waals surface area contributed by atoms with Gasteiger partial charge in [0.25, 0.3) is 0 Å². The van der Waals surface area contributed by atoms with Gasteiger partial charge in [0.2, 0.25) is 5.91 Å². The third-order valence-corrected chi connectivity index (χ3v) is 6.88. The first-order valence-electron chi connectivity index (χ1n) is 10.9. The van der Waals surface area contributed by atoms with Gasteiger partial charge in [0.15, 0.2) is 17.1 Å². The minimum Gasteiger partial charge on any atom is -0.481 e. The summed E-state index contributed by atoms with van der Waals surface area (Å²) in [5, 5.41) is 12.9. The SMILES string of the molecule is CC(Sc1nnc(C(C)Oc2ccccc2Cl)n1-c1ccccc1)C(=O)NC1CCCC1. The van der Waals surface area contributed by atoms with Crippen molar-refractivity contribution in [1.82, 2.24) is 20.1 Å². The summed E-state index contributed by atoms with van der Waals surface area (Å²) in [6, 6.07) is 17.5. The van der Waals surface area contributed by atoms with Gasteiger partial charge in [-0.25, -0.2) is 0 Å². The van der Waals surface area contributed by atoms with Gasteiger partial charge in [0.05, 0.1) is 10.3 Å². The third kappa shape index (κ3) is 5.27. The number of rotatable bonds is 8. The number of para-hydroxylation sites is 2. The van der Waals surface area contributed by atoms with Gasteiger partial charge in [-0.15, -0.1) is 10.2 Å². The van der Waals surface area contributed by atoms with E-state index in [4.69, 9.17) is 16.3 Å². The normalized spacial score (nSPS) is 16.0. The van der Waals surface area contributed by atoms with Crippen molar-refractivity contribution >= 4 is 29.3 Å². The Hall–Kier alpha value is -2.51. The van der Waals surface area contributed by atoms with Gasteiger partial charge >= 0.3 is 0 Å². The summed E-state index contributed by atoms with van der Waals surface area (Å²) in [6.45, 7) is 3.82. The molecule has 1 aliphatic carbocycles. The van der Waals surface area contributed by atoms with Gasteiger partial charge in [0, 0.05) is 11.7 Å². The molecule has 168 valence electrons. The fraction of sp³-hybridized carbons (Fsp3) is 0.375. The van der Waals surface area contributed by atoms with Gasteiger partial charge in [0.1, 0.15) is 5.75 Å². The molecule has 1 amide bonds. The molecule has 1 saturated carbocycles. The van der Waals surface area contributed by atoms with E-state index in [9.17, 15) is 4.79 Å². The van der Waals surface area contributed by atoms with Crippen LogP contribution in [0.5, 0.6) is 5.75 Å². The van der Waals surface area contributed by atoms with Crippen LogP contribution in [0.1, 0.15) is 51.5 Å².